The van der Waals surface area contributed by atoms with Crippen LogP contribution >= 0.6 is 15.9 Å². The lowest BCUT2D eigenvalue weighted by Gasteiger charge is -2.10. The average molecular weight is 359 g/mol. The van der Waals surface area contributed by atoms with Gasteiger partial charge in [0.05, 0.1) is 16.6 Å². The van der Waals surface area contributed by atoms with Crippen LogP contribution in [0.15, 0.2) is 53.1 Å². The smallest absolute Gasteiger partial charge is 0.235 e. The van der Waals surface area contributed by atoms with Gasteiger partial charge in [-0.05, 0) is 24.3 Å². The highest BCUT2D eigenvalue weighted by molar-refractivity contribution is 9.10. The molecular weight excluding hydrogens is 348 g/mol. The fourth-order valence-electron chi connectivity index (χ4n) is 1.83. The molecule has 0 aromatic heterocycles. The second-order valence-electron chi connectivity index (χ2n) is 4.34. The Balaban J connectivity index is 2.23. The minimum absolute atomic E-state index is 0.213. The van der Waals surface area contributed by atoms with E-state index in [1.54, 1.807) is 30.3 Å². The molecule has 0 spiro atoms. The van der Waals surface area contributed by atoms with E-state index in [1.807, 2.05) is 12.1 Å². The van der Waals surface area contributed by atoms with Crippen LogP contribution in [0.2, 0.25) is 0 Å². The van der Waals surface area contributed by atoms with Gasteiger partial charge in [-0.15, -0.1) is 0 Å². The van der Waals surface area contributed by atoms with E-state index in [-0.39, 0.29) is 6.61 Å². The normalized spacial score (nSPS) is 10.4. The Hall–Kier alpha value is -2.65. The largest absolute Gasteiger partial charge is 0.488 e. The number of nitriles is 1. The van der Waals surface area contributed by atoms with Crippen molar-refractivity contribution in [3.8, 4) is 11.8 Å². The van der Waals surface area contributed by atoms with Crippen molar-refractivity contribution in [2.24, 2.45) is 0 Å². The Kier molecular flexibility index (Phi) is 5.28. The van der Waals surface area contributed by atoms with E-state index in [9.17, 15) is 10.1 Å². The Morgan fingerprint density at radius 1 is 1.32 bits per heavy atom. The fourth-order valence-corrected chi connectivity index (χ4v) is 2.21. The first-order chi connectivity index (χ1) is 10.6. The third kappa shape index (κ3) is 4.17. The van der Waals surface area contributed by atoms with Crippen LogP contribution in [0.25, 0.3) is 6.08 Å². The Labute approximate surface area is 135 Å². The number of nitrogens with zero attached hydrogens (tertiary/aromatic N) is 2. The number of nitro groups is 1. The fraction of sp³-hybridized carbons (Fsp3) is 0.0625. The third-order valence-electron chi connectivity index (χ3n) is 2.87. The Morgan fingerprint density at radius 3 is 2.82 bits per heavy atom. The van der Waals surface area contributed by atoms with Crippen LogP contribution in [0.3, 0.4) is 0 Å². The first-order valence-corrected chi connectivity index (χ1v) is 7.11. The molecule has 0 aliphatic rings. The molecule has 0 aliphatic heterocycles. The molecule has 22 heavy (non-hydrogen) atoms. The van der Waals surface area contributed by atoms with Crippen LogP contribution in [-0.2, 0) is 6.61 Å². The van der Waals surface area contributed by atoms with E-state index in [2.05, 4.69) is 22.0 Å². The molecule has 0 heterocycles. The zero-order chi connectivity index (χ0) is 15.9. The highest BCUT2D eigenvalue weighted by Gasteiger charge is 2.06. The third-order valence-corrected chi connectivity index (χ3v) is 3.36. The van der Waals surface area contributed by atoms with E-state index in [4.69, 9.17) is 10.00 Å². The molecule has 0 N–H and O–H groups in total. The summed E-state index contributed by atoms with van der Waals surface area (Å²) in [6, 6.07) is 14.5. The molecule has 0 amide bonds. The molecule has 110 valence electrons. The number of halogens is 1. The molecule has 6 heteroatoms. The Bertz CT molecular complexity index is 766. The van der Waals surface area contributed by atoms with Crippen LogP contribution in [0.4, 0.5) is 0 Å². The summed E-state index contributed by atoms with van der Waals surface area (Å²) < 4.78 is 6.50. The van der Waals surface area contributed by atoms with E-state index < -0.39 is 4.92 Å². The van der Waals surface area contributed by atoms with Crippen molar-refractivity contribution in [2.75, 3.05) is 0 Å². The summed E-state index contributed by atoms with van der Waals surface area (Å²) in [6.45, 7) is 0.213. The van der Waals surface area contributed by atoms with Crippen molar-refractivity contribution in [1.29, 1.82) is 5.26 Å². The summed E-state index contributed by atoms with van der Waals surface area (Å²) in [5, 5.41) is 19.5. The molecule has 2 rings (SSSR count). The average Bonchev–Trinajstić information content (AvgIpc) is 2.52. The van der Waals surface area contributed by atoms with Crippen LogP contribution in [0.1, 0.15) is 16.7 Å². The standard InChI is InChI=1S/C16H11BrN2O3/c17-15-5-6-16(12(9-15)7-8-19(20)21)22-11-14-4-2-1-3-13(14)10-18/h1-9H,11H2. The van der Waals surface area contributed by atoms with Crippen LogP contribution in [0, 0.1) is 21.4 Å². The van der Waals surface area contributed by atoms with Gasteiger partial charge in [0.2, 0.25) is 6.20 Å². The minimum atomic E-state index is -0.532. The number of hydrogen-bond donors (Lipinski definition) is 0. The lowest BCUT2D eigenvalue weighted by Crippen LogP contribution is -1.99. The molecule has 0 atom stereocenters. The molecule has 0 unspecified atom stereocenters. The first-order valence-electron chi connectivity index (χ1n) is 6.32. The topological polar surface area (TPSA) is 76.2 Å². The van der Waals surface area contributed by atoms with E-state index in [0.29, 0.717) is 16.9 Å². The second-order valence-corrected chi connectivity index (χ2v) is 5.26. The zero-order valence-electron chi connectivity index (χ0n) is 11.4. The maximum atomic E-state index is 10.5. The van der Waals surface area contributed by atoms with Crippen molar-refractivity contribution in [1.82, 2.24) is 0 Å². The monoisotopic (exact) mass is 358 g/mol. The molecule has 0 radical (unpaired) electrons. The van der Waals surface area contributed by atoms with Gasteiger partial charge in [0.15, 0.2) is 0 Å². The van der Waals surface area contributed by atoms with Gasteiger partial charge in [0.1, 0.15) is 12.4 Å². The summed E-state index contributed by atoms with van der Waals surface area (Å²) in [4.78, 5) is 9.93. The van der Waals surface area contributed by atoms with Gasteiger partial charge in [0.25, 0.3) is 0 Å². The van der Waals surface area contributed by atoms with Gasteiger partial charge in [-0.1, -0.05) is 34.1 Å². The Morgan fingerprint density at radius 2 is 2.09 bits per heavy atom. The van der Waals surface area contributed by atoms with Crippen molar-refractivity contribution in [2.45, 2.75) is 6.61 Å². The summed E-state index contributed by atoms with van der Waals surface area (Å²) >= 11 is 3.32. The maximum Gasteiger partial charge on any atom is 0.235 e. The van der Waals surface area contributed by atoms with Crippen molar-refractivity contribution in [3.05, 3.63) is 79.9 Å². The number of ether oxygens (including phenoxy) is 1. The number of benzene rings is 2. The lowest BCUT2D eigenvalue weighted by atomic mass is 10.1. The maximum absolute atomic E-state index is 10.5. The number of hydrogen-bond acceptors (Lipinski definition) is 4. The van der Waals surface area contributed by atoms with Crippen molar-refractivity contribution < 1.29 is 9.66 Å². The van der Waals surface area contributed by atoms with Gasteiger partial charge >= 0.3 is 0 Å². The molecule has 5 nitrogen and oxygen atoms in total. The van der Waals surface area contributed by atoms with E-state index >= 15 is 0 Å². The van der Waals surface area contributed by atoms with Crippen molar-refractivity contribution in [3.63, 3.8) is 0 Å². The van der Waals surface area contributed by atoms with Gasteiger partial charge in [-0.3, -0.25) is 10.1 Å². The highest BCUT2D eigenvalue weighted by atomic mass is 79.9. The zero-order valence-corrected chi connectivity index (χ0v) is 13.0. The van der Waals surface area contributed by atoms with Crippen LogP contribution in [-0.4, -0.2) is 4.92 Å². The summed E-state index contributed by atoms with van der Waals surface area (Å²) in [5.74, 6) is 0.508. The molecular formula is C16H11BrN2O3. The van der Waals surface area contributed by atoms with E-state index in [1.165, 1.54) is 6.08 Å². The highest BCUT2D eigenvalue weighted by Crippen LogP contribution is 2.25. The predicted molar refractivity (Wildman–Crippen MR) is 85.7 cm³/mol. The summed E-state index contributed by atoms with van der Waals surface area (Å²) in [5.41, 5.74) is 1.89. The van der Waals surface area contributed by atoms with Gasteiger partial charge < -0.3 is 4.74 Å². The molecule has 0 bridgehead atoms. The molecule has 2 aromatic rings. The second kappa shape index (κ2) is 7.38. The summed E-state index contributed by atoms with van der Waals surface area (Å²) in [7, 11) is 0. The number of rotatable bonds is 5. The predicted octanol–water partition coefficient (Wildman–Crippen LogP) is 4.15. The van der Waals surface area contributed by atoms with Gasteiger partial charge in [-0.25, -0.2) is 0 Å². The summed E-state index contributed by atoms with van der Waals surface area (Å²) in [6.07, 6.45) is 2.23. The molecule has 0 fully saturated rings. The molecule has 0 saturated heterocycles. The van der Waals surface area contributed by atoms with Crippen LogP contribution in [0.5, 0.6) is 5.75 Å². The molecule has 0 aliphatic carbocycles. The van der Waals surface area contributed by atoms with Gasteiger partial charge in [0, 0.05) is 21.7 Å². The minimum Gasteiger partial charge on any atom is -0.488 e. The SMILES string of the molecule is N#Cc1ccccc1COc1ccc(Br)cc1C=C[N+](=O)[O-]. The molecule has 0 saturated carbocycles. The first kappa shape index (κ1) is 15.7. The van der Waals surface area contributed by atoms with Crippen molar-refractivity contribution >= 4 is 22.0 Å². The van der Waals surface area contributed by atoms with Gasteiger partial charge in [-0.2, -0.15) is 5.26 Å². The molecule has 2 aromatic carbocycles. The lowest BCUT2D eigenvalue weighted by molar-refractivity contribution is -0.400. The van der Waals surface area contributed by atoms with Crippen LogP contribution < -0.4 is 4.74 Å². The quantitative estimate of drug-likeness (QED) is 0.594. The van der Waals surface area contributed by atoms with E-state index in [0.717, 1.165) is 16.2 Å².